The number of nitrogens with one attached hydrogen (secondary N) is 1. The molecule has 0 saturated carbocycles. The number of nitrogens with two attached hydrogens (primary N) is 1. The van der Waals surface area contributed by atoms with Gasteiger partial charge in [0.15, 0.2) is 0 Å². The summed E-state index contributed by atoms with van der Waals surface area (Å²) in [5.41, 5.74) is 10.2. The Morgan fingerprint density at radius 2 is 1.90 bits per heavy atom. The summed E-state index contributed by atoms with van der Waals surface area (Å²) >= 11 is 1.61. The van der Waals surface area contributed by atoms with Gasteiger partial charge in [-0.15, -0.1) is 11.3 Å². The average molecular weight is 539 g/mol. The van der Waals surface area contributed by atoms with Crippen LogP contribution in [-0.2, 0) is 6.54 Å². The molecule has 0 spiro atoms. The molecule has 3 heterocycles. The van der Waals surface area contributed by atoms with E-state index in [9.17, 15) is 10.1 Å². The van der Waals surface area contributed by atoms with Crippen molar-refractivity contribution in [1.29, 1.82) is 5.26 Å². The van der Waals surface area contributed by atoms with Gasteiger partial charge in [-0.3, -0.25) is 9.69 Å². The molecule has 1 aliphatic rings. The summed E-state index contributed by atoms with van der Waals surface area (Å²) in [6, 6.07) is 17.6. The second-order valence-corrected chi connectivity index (χ2v) is 10.7. The fourth-order valence-electron chi connectivity index (χ4n) is 4.84. The molecule has 9 heteroatoms. The molecule has 1 saturated heterocycles. The van der Waals surface area contributed by atoms with Gasteiger partial charge in [-0.2, -0.15) is 10.2 Å². The third-order valence-electron chi connectivity index (χ3n) is 6.89. The van der Waals surface area contributed by atoms with Crippen LogP contribution in [-0.4, -0.2) is 39.9 Å². The largest absolute Gasteiger partial charge is 0.438 e. The molecule has 39 heavy (non-hydrogen) atoms. The Morgan fingerprint density at radius 3 is 2.51 bits per heavy atom. The maximum atomic E-state index is 11.3. The van der Waals surface area contributed by atoms with Gasteiger partial charge in [0.2, 0.25) is 17.7 Å². The average Bonchev–Trinajstić information content (AvgIpc) is 3.47. The lowest BCUT2D eigenvalue weighted by Gasteiger charge is -2.32. The van der Waals surface area contributed by atoms with Crippen LogP contribution in [0, 0.1) is 25.2 Å². The lowest BCUT2D eigenvalue weighted by atomic mass is 10.0. The Morgan fingerprint density at radius 1 is 1.18 bits per heavy atom. The molecule has 4 aromatic rings. The first kappa shape index (κ1) is 26.4. The van der Waals surface area contributed by atoms with Crippen molar-refractivity contribution in [2.45, 2.75) is 39.3 Å². The quantitative estimate of drug-likeness (QED) is 0.297. The van der Waals surface area contributed by atoms with Crippen molar-refractivity contribution in [2.24, 2.45) is 5.73 Å². The Hall–Kier alpha value is -4.26. The fraction of sp³-hybridized carbons (Fsp3) is 0.267. The van der Waals surface area contributed by atoms with E-state index in [2.05, 4.69) is 21.3 Å². The molecular weight excluding hydrogens is 508 g/mol. The summed E-state index contributed by atoms with van der Waals surface area (Å²) in [5, 5.41) is 14.8. The molecule has 0 atom stereocenters. The number of hydrogen-bond donors (Lipinski definition) is 2. The van der Waals surface area contributed by atoms with Gasteiger partial charge in [0.1, 0.15) is 5.75 Å². The summed E-state index contributed by atoms with van der Waals surface area (Å²) in [5.74, 6) is 1.32. The van der Waals surface area contributed by atoms with Crippen molar-refractivity contribution >= 4 is 23.2 Å². The van der Waals surface area contributed by atoms with Gasteiger partial charge in [0.25, 0.3) is 0 Å². The first-order valence-electron chi connectivity index (χ1n) is 12.9. The number of aromatic nitrogens is 2. The molecule has 0 unspecified atom stereocenters. The zero-order valence-electron chi connectivity index (χ0n) is 22.0. The zero-order chi connectivity index (χ0) is 27.4. The topological polar surface area (TPSA) is 117 Å². The molecule has 0 radical (unpaired) electrons. The zero-order valence-corrected chi connectivity index (χ0v) is 22.8. The van der Waals surface area contributed by atoms with Gasteiger partial charge in [0, 0.05) is 42.3 Å². The summed E-state index contributed by atoms with van der Waals surface area (Å²) < 4.78 is 6.40. The molecule has 2 aromatic heterocycles. The summed E-state index contributed by atoms with van der Waals surface area (Å²) in [7, 11) is 0. The van der Waals surface area contributed by atoms with E-state index in [0.717, 1.165) is 59.6 Å². The molecule has 1 aliphatic heterocycles. The number of anilines is 1. The van der Waals surface area contributed by atoms with Gasteiger partial charge < -0.3 is 15.8 Å². The summed E-state index contributed by atoms with van der Waals surface area (Å²) in [4.78, 5) is 24.2. The van der Waals surface area contributed by atoms with E-state index >= 15 is 0 Å². The molecule has 2 aromatic carbocycles. The van der Waals surface area contributed by atoms with Crippen LogP contribution in [0.3, 0.4) is 0 Å². The van der Waals surface area contributed by atoms with Crippen molar-refractivity contribution in [3.05, 3.63) is 87.9 Å². The highest BCUT2D eigenvalue weighted by Gasteiger charge is 2.22. The number of nitriles is 1. The smallest absolute Gasteiger partial charge is 0.248 e. The van der Waals surface area contributed by atoms with Crippen molar-refractivity contribution in [2.75, 3.05) is 18.4 Å². The lowest BCUT2D eigenvalue weighted by Crippen LogP contribution is -2.39. The van der Waals surface area contributed by atoms with E-state index in [1.165, 1.54) is 0 Å². The molecule has 0 aliphatic carbocycles. The minimum absolute atomic E-state index is 0.248. The number of amides is 1. The van der Waals surface area contributed by atoms with Crippen molar-refractivity contribution < 1.29 is 9.53 Å². The SMILES string of the molecule is Cc1cc(C#N)cc(C)c1Oc1nc(NC2CCN(Cc3ccc(C(N)=O)cc3)CC2)ncc1-c1cccs1. The number of primary amides is 1. The predicted octanol–water partition coefficient (Wildman–Crippen LogP) is 5.66. The monoisotopic (exact) mass is 538 g/mol. The van der Waals surface area contributed by atoms with Crippen LogP contribution in [0.25, 0.3) is 10.4 Å². The van der Waals surface area contributed by atoms with E-state index < -0.39 is 5.91 Å². The lowest BCUT2D eigenvalue weighted by molar-refractivity contribution is 0.1000. The van der Waals surface area contributed by atoms with Crippen LogP contribution < -0.4 is 15.8 Å². The first-order chi connectivity index (χ1) is 18.9. The molecule has 1 fully saturated rings. The van der Waals surface area contributed by atoms with Crippen LogP contribution in [0.4, 0.5) is 5.95 Å². The van der Waals surface area contributed by atoms with Gasteiger partial charge in [0.05, 0.1) is 17.2 Å². The first-order valence-corrected chi connectivity index (χ1v) is 13.8. The molecule has 1 amide bonds. The van der Waals surface area contributed by atoms with E-state index in [0.29, 0.717) is 28.7 Å². The molecule has 8 nitrogen and oxygen atoms in total. The van der Waals surface area contributed by atoms with Crippen molar-refractivity contribution in [3.63, 3.8) is 0 Å². The minimum Gasteiger partial charge on any atom is -0.438 e. The molecule has 5 rings (SSSR count). The summed E-state index contributed by atoms with van der Waals surface area (Å²) in [6.07, 6.45) is 3.73. The molecule has 198 valence electrons. The summed E-state index contributed by atoms with van der Waals surface area (Å²) in [6.45, 7) is 6.59. The van der Waals surface area contributed by atoms with E-state index in [1.54, 1.807) is 23.5 Å². The number of nitrogens with zero attached hydrogens (tertiary/aromatic N) is 4. The van der Waals surface area contributed by atoms with Crippen LogP contribution >= 0.6 is 11.3 Å². The predicted molar refractivity (Wildman–Crippen MR) is 153 cm³/mol. The highest BCUT2D eigenvalue weighted by atomic mass is 32.1. The number of carbonyl (C=O) groups excluding carboxylic acids is 1. The third-order valence-corrected chi connectivity index (χ3v) is 7.80. The second kappa shape index (κ2) is 11.6. The van der Waals surface area contributed by atoms with E-state index in [1.807, 2.05) is 61.8 Å². The van der Waals surface area contributed by atoms with Crippen molar-refractivity contribution in [1.82, 2.24) is 14.9 Å². The number of ether oxygens (including phenoxy) is 1. The highest BCUT2D eigenvalue weighted by molar-refractivity contribution is 7.13. The van der Waals surface area contributed by atoms with Crippen molar-refractivity contribution in [3.8, 4) is 28.1 Å². The van der Waals surface area contributed by atoms with Gasteiger partial charge in [-0.25, -0.2) is 4.98 Å². The van der Waals surface area contributed by atoms with E-state index in [4.69, 9.17) is 15.5 Å². The van der Waals surface area contributed by atoms with Gasteiger partial charge in [-0.1, -0.05) is 18.2 Å². The maximum absolute atomic E-state index is 11.3. The molecule has 0 bridgehead atoms. The Balaban J connectivity index is 1.28. The molecule has 3 N–H and O–H groups in total. The number of likely N-dealkylation sites (tertiary alicyclic amines) is 1. The number of hydrogen-bond acceptors (Lipinski definition) is 8. The van der Waals surface area contributed by atoms with Crippen LogP contribution in [0.2, 0.25) is 0 Å². The van der Waals surface area contributed by atoms with Gasteiger partial charge >= 0.3 is 0 Å². The van der Waals surface area contributed by atoms with Crippen LogP contribution in [0.1, 0.15) is 45.5 Å². The maximum Gasteiger partial charge on any atom is 0.248 e. The highest BCUT2D eigenvalue weighted by Crippen LogP contribution is 2.37. The Kier molecular flexibility index (Phi) is 7.87. The van der Waals surface area contributed by atoms with E-state index in [-0.39, 0.29) is 6.04 Å². The van der Waals surface area contributed by atoms with Crippen LogP contribution in [0.15, 0.2) is 60.1 Å². The fourth-order valence-corrected chi connectivity index (χ4v) is 5.57. The standard InChI is InChI=1S/C30H30N6O2S/c1-19-14-22(16-31)15-20(2)27(19)38-29-25(26-4-3-13-39-26)17-33-30(35-29)34-24-9-11-36(12-10-24)18-21-5-7-23(8-6-21)28(32)37/h3-8,13-15,17,24H,9-12,18H2,1-2H3,(H2,32,37)(H,33,34,35). The second-order valence-electron chi connectivity index (χ2n) is 9.80. The minimum atomic E-state index is -0.408. The number of aryl methyl sites for hydroxylation is 2. The number of thiophene rings is 1. The van der Waals surface area contributed by atoms with Gasteiger partial charge in [-0.05, 0) is 79.1 Å². The number of piperidine rings is 1. The normalized spacial score (nSPS) is 14.1. The van der Waals surface area contributed by atoms with Crippen LogP contribution in [0.5, 0.6) is 11.6 Å². The Labute approximate surface area is 232 Å². The number of rotatable bonds is 8. The Bertz CT molecular complexity index is 1480. The molecular formula is C30H30N6O2S. The number of carbonyl (C=O) groups is 1. The third kappa shape index (κ3) is 6.25. The number of benzene rings is 2.